The van der Waals surface area contributed by atoms with Gasteiger partial charge >= 0.3 is 0 Å². The van der Waals surface area contributed by atoms with Crippen LogP contribution in [0.3, 0.4) is 0 Å². The van der Waals surface area contributed by atoms with Crippen molar-refractivity contribution in [3.63, 3.8) is 0 Å². The summed E-state index contributed by atoms with van der Waals surface area (Å²) in [6.07, 6.45) is 1.37. The smallest absolute Gasteiger partial charge is 0.222 e. The van der Waals surface area contributed by atoms with E-state index < -0.39 is 11.8 Å². The van der Waals surface area contributed by atoms with Gasteiger partial charge in [0.1, 0.15) is 5.82 Å². The first-order valence-electron chi connectivity index (χ1n) is 7.89. The second kappa shape index (κ2) is 8.82. The van der Waals surface area contributed by atoms with Gasteiger partial charge in [-0.15, -0.1) is 0 Å². The number of halogens is 1. The van der Waals surface area contributed by atoms with E-state index in [4.69, 9.17) is 5.73 Å². The van der Waals surface area contributed by atoms with E-state index in [-0.39, 0.29) is 18.3 Å². The van der Waals surface area contributed by atoms with Crippen LogP contribution in [0.4, 0.5) is 4.39 Å². The molecule has 126 valence electrons. The molecule has 3 N–H and O–H groups in total. The molecule has 24 heavy (non-hydrogen) atoms. The highest BCUT2D eigenvalue weighted by Gasteiger charge is 2.17. The lowest BCUT2D eigenvalue weighted by Gasteiger charge is -2.14. The Bertz CT molecular complexity index is 672. The quantitative estimate of drug-likeness (QED) is 0.780. The number of aryl methyl sites for hydroxylation is 1. The molecule has 0 aromatic heterocycles. The zero-order valence-corrected chi connectivity index (χ0v) is 13.4. The van der Waals surface area contributed by atoms with E-state index in [0.717, 1.165) is 11.1 Å². The fraction of sp³-hybridized carbons (Fsp3) is 0.263. The standard InChI is InChI=1S/C19H21FN2O2/c20-17-9-6-15(7-10-17)12-16(19(21)24)13-22-18(23)11-8-14-4-2-1-3-5-14/h1-7,9-10,16H,8,11-13H2,(H2,21,24)(H,22,23)/t16-/m1/s1. The fourth-order valence-electron chi connectivity index (χ4n) is 2.41. The van der Waals surface area contributed by atoms with E-state index >= 15 is 0 Å². The van der Waals surface area contributed by atoms with Crippen molar-refractivity contribution in [2.24, 2.45) is 11.7 Å². The number of carbonyl (C=O) groups is 2. The maximum absolute atomic E-state index is 12.9. The number of amides is 2. The van der Waals surface area contributed by atoms with Crippen LogP contribution in [-0.4, -0.2) is 18.4 Å². The molecule has 0 saturated heterocycles. The van der Waals surface area contributed by atoms with Crippen molar-refractivity contribution < 1.29 is 14.0 Å². The highest BCUT2D eigenvalue weighted by Crippen LogP contribution is 2.10. The molecule has 0 heterocycles. The number of nitrogens with two attached hydrogens (primary N) is 1. The van der Waals surface area contributed by atoms with E-state index in [1.165, 1.54) is 12.1 Å². The van der Waals surface area contributed by atoms with Gasteiger partial charge < -0.3 is 11.1 Å². The largest absolute Gasteiger partial charge is 0.369 e. The molecule has 0 aliphatic rings. The molecule has 0 aliphatic carbocycles. The molecule has 2 aromatic rings. The normalized spacial score (nSPS) is 11.7. The molecule has 2 amide bonds. The topological polar surface area (TPSA) is 72.2 Å². The van der Waals surface area contributed by atoms with Gasteiger partial charge in [0.05, 0.1) is 5.92 Å². The van der Waals surface area contributed by atoms with E-state index in [2.05, 4.69) is 5.32 Å². The molecular formula is C19H21FN2O2. The Hall–Kier alpha value is -2.69. The summed E-state index contributed by atoms with van der Waals surface area (Å²) in [4.78, 5) is 23.5. The maximum atomic E-state index is 12.9. The first kappa shape index (κ1) is 17.7. The molecule has 0 aliphatic heterocycles. The lowest BCUT2D eigenvalue weighted by molar-refractivity contribution is -0.123. The van der Waals surface area contributed by atoms with Crippen LogP contribution in [0.2, 0.25) is 0 Å². The van der Waals surface area contributed by atoms with Crippen molar-refractivity contribution in [1.82, 2.24) is 5.32 Å². The van der Waals surface area contributed by atoms with Crippen molar-refractivity contribution in [3.05, 3.63) is 71.5 Å². The fourth-order valence-corrected chi connectivity index (χ4v) is 2.41. The molecule has 2 aromatic carbocycles. The predicted octanol–water partition coefficient (Wildman–Crippen LogP) is 2.22. The van der Waals surface area contributed by atoms with Crippen LogP contribution in [0.15, 0.2) is 54.6 Å². The van der Waals surface area contributed by atoms with Crippen molar-refractivity contribution >= 4 is 11.8 Å². The third-order valence-electron chi connectivity index (χ3n) is 3.83. The molecule has 0 spiro atoms. The Balaban J connectivity index is 1.81. The average molecular weight is 328 g/mol. The lowest BCUT2D eigenvalue weighted by Crippen LogP contribution is -2.37. The summed E-state index contributed by atoms with van der Waals surface area (Å²) in [5, 5.41) is 2.75. The molecule has 0 radical (unpaired) electrons. The average Bonchev–Trinajstić information content (AvgIpc) is 2.59. The van der Waals surface area contributed by atoms with E-state index in [1.54, 1.807) is 12.1 Å². The number of hydrogen-bond donors (Lipinski definition) is 2. The van der Waals surface area contributed by atoms with Crippen LogP contribution in [0.25, 0.3) is 0 Å². The summed E-state index contributed by atoms with van der Waals surface area (Å²) in [5.41, 5.74) is 7.29. The minimum atomic E-state index is -0.517. The summed E-state index contributed by atoms with van der Waals surface area (Å²) in [6, 6.07) is 15.6. The van der Waals surface area contributed by atoms with Gasteiger partial charge in [-0.3, -0.25) is 9.59 Å². The van der Waals surface area contributed by atoms with Crippen LogP contribution in [0.5, 0.6) is 0 Å². The van der Waals surface area contributed by atoms with Crippen molar-refractivity contribution in [3.8, 4) is 0 Å². The van der Waals surface area contributed by atoms with E-state index in [0.29, 0.717) is 19.3 Å². The summed E-state index contributed by atoms with van der Waals surface area (Å²) < 4.78 is 12.9. The van der Waals surface area contributed by atoms with Gasteiger partial charge in [0.25, 0.3) is 0 Å². The SMILES string of the molecule is NC(=O)[C@@H](CNC(=O)CCc1ccccc1)Cc1ccc(F)cc1. The summed E-state index contributed by atoms with van der Waals surface area (Å²) in [6.45, 7) is 0.181. The second-order valence-corrected chi connectivity index (χ2v) is 5.72. The third-order valence-corrected chi connectivity index (χ3v) is 3.83. The van der Waals surface area contributed by atoms with Crippen LogP contribution in [0, 0.1) is 11.7 Å². The zero-order valence-electron chi connectivity index (χ0n) is 13.4. The number of carbonyl (C=O) groups excluding carboxylic acids is 2. The lowest BCUT2D eigenvalue weighted by atomic mass is 9.98. The molecule has 0 saturated carbocycles. The second-order valence-electron chi connectivity index (χ2n) is 5.72. The molecule has 2 rings (SSSR count). The Morgan fingerprint density at radius 3 is 2.29 bits per heavy atom. The minimum absolute atomic E-state index is 0.121. The third kappa shape index (κ3) is 5.83. The van der Waals surface area contributed by atoms with Crippen LogP contribution < -0.4 is 11.1 Å². The number of hydrogen-bond acceptors (Lipinski definition) is 2. The molecule has 0 bridgehead atoms. The number of primary amides is 1. The number of nitrogens with one attached hydrogen (secondary N) is 1. The first-order chi connectivity index (χ1) is 11.5. The van der Waals surface area contributed by atoms with Crippen molar-refractivity contribution in [1.29, 1.82) is 0 Å². The molecule has 5 heteroatoms. The highest BCUT2D eigenvalue weighted by molar-refractivity contribution is 5.80. The summed E-state index contributed by atoms with van der Waals surface area (Å²) >= 11 is 0. The Kier molecular flexibility index (Phi) is 6.49. The van der Waals surface area contributed by atoms with Crippen molar-refractivity contribution in [2.75, 3.05) is 6.54 Å². The van der Waals surface area contributed by atoms with Gasteiger partial charge in [-0.1, -0.05) is 42.5 Å². The van der Waals surface area contributed by atoms with Gasteiger partial charge in [-0.25, -0.2) is 4.39 Å². The first-order valence-corrected chi connectivity index (χ1v) is 7.89. The molecule has 0 unspecified atom stereocenters. The number of benzene rings is 2. The number of rotatable bonds is 8. The van der Waals surface area contributed by atoms with Crippen LogP contribution in [0.1, 0.15) is 17.5 Å². The zero-order chi connectivity index (χ0) is 17.4. The highest BCUT2D eigenvalue weighted by atomic mass is 19.1. The Morgan fingerprint density at radius 1 is 1.00 bits per heavy atom. The van der Waals surface area contributed by atoms with E-state index in [9.17, 15) is 14.0 Å². The summed E-state index contributed by atoms with van der Waals surface area (Å²) in [5.74, 6) is -1.45. The minimum Gasteiger partial charge on any atom is -0.369 e. The van der Waals surface area contributed by atoms with Gasteiger partial charge in [0.2, 0.25) is 11.8 Å². The van der Waals surface area contributed by atoms with E-state index in [1.807, 2.05) is 30.3 Å². The predicted molar refractivity (Wildman–Crippen MR) is 90.6 cm³/mol. The van der Waals surface area contributed by atoms with Gasteiger partial charge in [0.15, 0.2) is 0 Å². The van der Waals surface area contributed by atoms with Crippen molar-refractivity contribution in [2.45, 2.75) is 19.3 Å². The van der Waals surface area contributed by atoms with Gasteiger partial charge in [-0.05, 0) is 36.1 Å². The van der Waals surface area contributed by atoms with Gasteiger partial charge in [0, 0.05) is 13.0 Å². The maximum Gasteiger partial charge on any atom is 0.222 e. The molecule has 1 atom stereocenters. The molecule has 4 nitrogen and oxygen atoms in total. The summed E-state index contributed by atoms with van der Waals surface area (Å²) in [7, 11) is 0. The Morgan fingerprint density at radius 2 is 1.67 bits per heavy atom. The Labute approximate surface area is 140 Å². The van der Waals surface area contributed by atoms with Gasteiger partial charge in [-0.2, -0.15) is 0 Å². The monoisotopic (exact) mass is 328 g/mol. The van der Waals surface area contributed by atoms with Crippen LogP contribution >= 0.6 is 0 Å². The molecular weight excluding hydrogens is 307 g/mol. The van der Waals surface area contributed by atoms with Crippen LogP contribution in [-0.2, 0) is 22.4 Å². The molecule has 0 fully saturated rings.